The zero-order chi connectivity index (χ0) is 25.6. The number of nitrogens with two attached hydrogens (primary N) is 1. The Labute approximate surface area is 201 Å². The van der Waals surface area contributed by atoms with Crippen molar-refractivity contribution < 1.29 is 33.8 Å². The topological polar surface area (TPSA) is 168 Å². The molecule has 1 aromatic rings. The van der Waals surface area contributed by atoms with Crippen LogP contribution in [0.5, 0.6) is 5.75 Å². The third-order valence-corrected chi connectivity index (χ3v) is 5.91. The van der Waals surface area contributed by atoms with E-state index in [4.69, 9.17) is 27.2 Å². The number of aliphatic carboxylic acids is 1. The number of primary amides is 1. The molecule has 186 valence electrons. The van der Waals surface area contributed by atoms with Crippen molar-refractivity contribution in [3.05, 3.63) is 28.8 Å². The molecule has 0 saturated carbocycles. The fourth-order valence-electron chi connectivity index (χ4n) is 3.72. The van der Waals surface area contributed by atoms with E-state index in [-0.39, 0.29) is 23.0 Å². The number of benzene rings is 1. The zero-order valence-electron chi connectivity index (χ0n) is 19.2. The summed E-state index contributed by atoms with van der Waals surface area (Å²) in [5, 5.41) is 14.1. The van der Waals surface area contributed by atoms with Crippen LogP contribution >= 0.6 is 11.6 Å². The van der Waals surface area contributed by atoms with Crippen LogP contribution in [0.1, 0.15) is 43.5 Å². The second kappa shape index (κ2) is 11.7. The lowest BCUT2D eigenvalue weighted by molar-refractivity contribution is -0.143. The highest BCUT2D eigenvalue weighted by Gasteiger charge is 2.40. The van der Waals surface area contributed by atoms with Crippen molar-refractivity contribution in [1.82, 2.24) is 15.5 Å². The Bertz CT molecular complexity index is 969. The number of hydrogen-bond donors (Lipinski definition) is 4. The van der Waals surface area contributed by atoms with E-state index in [1.807, 2.05) is 0 Å². The third kappa shape index (κ3) is 6.37. The molecule has 0 bridgehead atoms. The molecule has 1 fully saturated rings. The maximum atomic E-state index is 13.4. The number of nitrogens with one attached hydrogen (secondary N) is 2. The Balaban J connectivity index is 2.19. The summed E-state index contributed by atoms with van der Waals surface area (Å²) in [7, 11) is 1.42. The van der Waals surface area contributed by atoms with E-state index >= 15 is 0 Å². The summed E-state index contributed by atoms with van der Waals surface area (Å²) < 4.78 is 5.13. The van der Waals surface area contributed by atoms with Gasteiger partial charge < -0.3 is 31.1 Å². The number of carboxylic acid groups (broad SMARTS) is 1. The van der Waals surface area contributed by atoms with Crippen LogP contribution in [0.3, 0.4) is 0 Å². The molecule has 1 saturated heterocycles. The van der Waals surface area contributed by atoms with E-state index in [0.717, 1.165) is 0 Å². The number of methoxy groups -OCH3 is 1. The van der Waals surface area contributed by atoms with Gasteiger partial charge in [-0.25, -0.2) is 0 Å². The first kappa shape index (κ1) is 26.9. The van der Waals surface area contributed by atoms with Gasteiger partial charge in [0.15, 0.2) is 0 Å². The van der Waals surface area contributed by atoms with Gasteiger partial charge in [-0.05, 0) is 30.9 Å². The average Bonchev–Trinajstić information content (AvgIpc) is 3.26. The van der Waals surface area contributed by atoms with Gasteiger partial charge in [-0.2, -0.15) is 0 Å². The number of rotatable bonds is 10. The molecule has 0 spiro atoms. The molecular formula is C22H29ClN4O7. The standard InChI is InChI=1S/C22H29ClN4O7/c1-11(2)18(26-20(31)12-6-4-8-15(34-3)17(12)23)22(33)27-9-5-7-14(27)21(32)25-13(19(24)30)10-16(28)29/h4,6,8,11,13-14,18H,5,7,9-10H2,1-3H3,(H2,24,30)(H,25,32)(H,26,31)(H,28,29)/t13-,14-,18-/m0/s1. The molecule has 1 aromatic carbocycles. The monoisotopic (exact) mass is 496 g/mol. The summed E-state index contributed by atoms with van der Waals surface area (Å²) in [4.78, 5) is 62.8. The molecule has 11 nitrogen and oxygen atoms in total. The van der Waals surface area contributed by atoms with Gasteiger partial charge in [0, 0.05) is 6.54 Å². The predicted octanol–water partition coefficient (Wildman–Crippen LogP) is 0.539. The molecule has 1 aliphatic heterocycles. The van der Waals surface area contributed by atoms with Gasteiger partial charge in [0.05, 0.1) is 24.1 Å². The lowest BCUT2D eigenvalue weighted by Crippen LogP contribution is -2.57. The number of nitrogens with zero attached hydrogens (tertiary/aromatic N) is 1. The number of ether oxygens (including phenoxy) is 1. The fraction of sp³-hybridized carbons (Fsp3) is 0.500. The smallest absolute Gasteiger partial charge is 0.305 e. The fourth-order valence-corrected chi connectivity index (χ4v) is 4.01. The summed E-state index contributed by atoms with van der Waals surface area (Å²) in [5.74, 6) is -4.05. The van der Waals surface area contributed by atoms with E-state index in [1.165, 1.54) is 18.1 Å². The molecule has 1 aliphatic rings. The predicted molar refractivity (Wildman–Crippen MR) is 122 cm³/mol. The second-order valence-corrected chi connectivity index (χ2v) is 8.65. The van der Waals surface area contributed by atoms with Crippen molar-refractivity contribution in [3.63, 3.8) is 0 Å². The number of halogens is 1. The molecule has 0 aliphatic carbocycles. The van der Waals surface area contributed by atoms with Gasteiger partial charge in [0.2, 0.25) is 17.7 Å². The number of likely N-dealkylation sites (tertiary alicyclic amines) is 1. The van der Waals surface area contributed by atoms with Crippen LogP contribution in [0.25, 0.3) is 0 Å². The minimum absolute atomic E-state index is 0.104. The number of carboxylic acids is 1. The minimum atomic E-state index is -1.40. The van der Waals surface area contributed by atoms with Gasteiger partial charge in [-0.1, -0.05) is 31.5 Å². The molecule has 12 heteroatoms. The SMILES string of the molecule is COc1cccc(C(=O)N[C@H](C(=O)N2CCC[C@H]2C(=O)N[C@@H](CC(=O)O)C(N)=O)C(C)C)c1Cl. The van der Waals surface area contributed by atoms with Crippen molar-refractivity contribution in [1.29, 1.82) is 0 Å². The van der Waals surface area contributed by atoms with E-state index in [9.17, 15) is 24.0 Å². The Morgan fingerprint density at radius 3 is 2.47 bits per heavy atom. The van der Waals surface area contributed by atoms with Crippen LogP contribution in [-0.4, -0.2) is 71.4 Å². The third-order valence-electron chi connectivity index (χ3n) is 5.52. The normalized spacial score (nSPS) is 17.1. The molecule has 0 aromatic heterocycles. The molecular weight excluding hydrogens is 468 g/mol. The Kier molecular flexibility index (Phi) is 9.25. The molecule has 3 atom stereocenters. The molecule has 5 N–H and O–H groups in total. The van der Waals surface area contributed by atoms with E-state index < -0.39 is 54.1 Å². The summed E-state index contributed by atoms with van der Waals surface area (Å²) in [5.41, 5.74) is 5.33. The number of carbonyl (C=O) groups excluding carboxylic acids is 4. The second-order valence-electron chi connectivity index (χ2n) is 8.27. The van der Waals surface area contributed by atoms with E-state index in [1.54, 1.807) is 26.0 Å². The molecule has 4 amide bonds. The Hall–Kier alpha value is -3.34. The summed E-state index contributed by atoms with van der Waals surface area (Å²) in [6.45, 7) is 3.75. The lowest BCUT2D eigenvalue weighted by Gasteiger charge is -2.31. The molecule has 0 unspecified atom stereocenters. The van der Waals surface area contributed by atoms with Crippen LogP contribution < -0.4 is 21.1 Å². The van der Waals surface area contributed by atoms with Gasteiger partial charge in [-0.15, -0.1) is 0 Å². The number of amides is 4. The van der Waals surface area contributed by atoms with Crippen LogP contribution in [0.15, 0.2) is 18.2 Å². The molecule has 34 heavy (non-hydrogen) atoms. The quantitative estimate of drug-likeness (QED) is 0.366. The highest BCUT2D eigenvalue weighted by molar-refractivity contribution is 6.35. The van der Waals surface area contributed by atoms with Crippen molar-refractivity contribution >= 4 is 41.2 Å². The number of hydrogen-bond acceptors (Lipinski definition) is 6. The highest BCUT2D eigenvalue weighted by atomic mass is 35.5. The Morgan fingerprint density at radius 1 is 1.24 bits per heavy atom. The summed E-state index contributed by atoms with van der Waals surface area (Å²) in [6, 6.07) is 1.40. The van der Waals surface area contributed by atoms with Gasteiger partial charge in [0.1, 0.15) is 23.9 Å². The lowest BCUT2D eigenvalue weighted by atomic mass is 10.0. The summed E-state index contributed by atoms with van der Waals surface area (Å²) >= 11 is 6.23. The number of carbonyl (C=O) groups is 5. The Morgan fingerprint density at radius 2 is 1.91 bits per heavy atom. The summed E-state index contributed by atoms with van der Waals surface area (Å²) in [6.07, 6.45) is 0.161. The first-order valence-corrected chi connectivity index (χ1v) is 11.1. The van der Waals surface area contributed by atoms with Crippen molar-refractivity contribution in [2.45, 2.75) is 51.2 Å². The maximum absolute atomic E-state index is 13.4. The van der Waals surface area contributed by atoms with Gasteiger partial charge in [-0.3, -0.25) is 24.0 Å². The average molecular weight is 497 g/mol. The minimum Gasteiger partial charge on any atom is -0.495 e. The first-order chi connectivity index (χ1) is 16.0. The zero-order valence-corrected chi connectivity index (χ0v) is 19.9. The molecule has 1 heterocycles. The molecule has 2 rings (SSSR count). The largest absolute Gasteiger partial charge is 0.495 e. The van der Waals surface area contributed by atoms with Crippen molar-refractivity contribution in [3.8, 4) is 5.75 Å². The maximum Gasteiger partial charge on any atom is 0.305 e. The van der Waals surface area contributed by atoms with E-state index in [2.05, 4.69) is 10.6 Å². The van der Waals surface area contributed by atoms with Crippen LogP contribution in [0, 0.1) is 5.92 Å². The van der Waals surface area contributed by atoms with Gasteiger partial charge >= 0.3 is 5.97 Å². The molecule has 0 radical (unpaired) electrons. The van der Waals surface area contributed by atoms with Crippen LogP contribution in [0.4, 0.5) is 0 Å². The highest BCUT2D eigenvalue weighted by Crippen LogP contribution is 2.28. The van der Waals surface area contributed by atoms with Crippen LogP contribution in [0.2, 0.25) is 5.02 Å². The van der Waals surface area contributed by atoms with Crippen molar-refractivity contribution in [2.75, 3.05) is 13.7 Å². The van der Waals surface area contributed by atoms with Crippen molar-refractivity contribution in [2.24, 2.45) is 11.7 Å². The first-order valence-electron chi connectivity index (χ1n) is 10.7. The van der Waals surface area contributed by atoms with Gasteiger partial charge in [0.25, 0.3) is 5.91 Å². The van der Waals surface area contributed by atoms with E-state index in [0.29, 0.717) is 18.6 Å². The van der Waals surface area contributed by atoms with Crippen LogP contribution in [-0.2, 0) is 19.2 Å².